The van der Waals surface area contributed by atoms with Gasteiger partial charge in [0.05, 0.1) is 15.7 Å². The fourth-order valence-electron chi connectivity index (χ4n) is 2.07. The third-order valence-electron chi connectivity index (χ3n) is 3.30. The highest BCUT2D eigenvalue weighted by Gasteiger charge is 2.15. The predicted octanol–water partition coefficient (Wildman–Crippen LogP) is 4.91. The maximum Gasteiger partial charge on any atom is 0.277 e. The lowest BCUT2D eigenvalue weighted by atomic mass is 10.2. The van der Waals surface area contributed by atoms with Crippen molar-refractivity contribution in [3.05, 3.63) is 64.0 Å². The lowest BCUT2D eigenvalue weighted by Gasteiger charge is -2.06. The third-order valence-corrected chi connectivity index (χ3v) is 4.04. The zero-order valence-corrected chi connectivity index (χ0v) is 14.0. The number of phenols is 1. The molecule has 0 saturated heterocycles. The molecule has 122 valence electrons. The molecule has 0 atom stereocenters. The van der Waals surface area contributed by atoms with Crippen LogP contribution in [0.5, 0.6) is 5.75 Å². The smallest absolute Gasteiger partial charge is 0.277 e. The molecular weight excluding hydrogens is 351 g/mol. The molecule has 0 aliphatic rings. The fourth-order valence-corrected chi connectivity index (χ4v) is 2.37. The average molecular weight is 363 g/mol. The lowest BCUT2D eigenvalue weighted by molar-refractivity contribution is 0.102. The quantitative estimate of drug-likeness (QED) is 0.648. The summed E-state index contributed by atoms with van der Waals surface area (Å²) < 4.78 is 5.32. The number of aromatic hydroxyl groups is 1. The van der Waals surface area contributed by atoms with Crippen LogP contribution in [0, 0.1) is 6.92 Å². The summed E-state index contributed by atoms with van der Waals surface area (Å²) in [5.41, 5.74) is 1.86. The Bertz CT molecular complexity index is 922. The van der Waals surface area contributed by atoms with Crippen LogP contribution in [0.1, 0.15) is 16.1 Å². The minimum absolute atomic E-state index is 0.0171. The third kappa shape index (κ3) is 3.37. The summed E-state index contributed by atoms with van der Waals surface area (Å²) in [6.45, 7) is 1.84. The monoisotopic (exact) mass is 362 g/mol. The second kappa shape index (κ2) is 6.55. The lowest BCUT2D eigenvalue weighted by Crippen LogP contribution is -2.12. The van der Waals surface area contributed by atoms with Crippen LogP contribution in [-0.2, 0) is 0 Å². The molecule has 1 heterocycles. The van der Waals surface area contributed by atoms with Crippen molar-refractivity contribution in [3.63, 3.8) is 0 Å². The van der Waals surface area contributed by atoms with E-state index < -0.39 is 5.91 Å². The number of nitrogens with one attached hydrogen (secondary N) is 1. The zero-order valence-electron chi connectivity index (χ0n) is 12.5. The topological polar surface area (TPSA) is 75.4 Å². The summed E-state index contributed by atoms with van der Waals surface area (Å²) in [5.74, 6) is -0.271. The summed E-state index contributed by atoms with van der Waals surface area (Å²) in [5, 5.41) is 13.2. The standard InChI is InChI=1S/C17H12Cl2N2O3/c1-9-2-5-13(15(22)6-9)20-16(23)14-8-24-17(21-14)10-3-4-11(18)12(19)7-10/h2-8,22H,1H3,(H,20,23). The van der Waals surface area contributed by atoms with Gasteiger partial charge in [-0.3, -0.25) is 4.79 Å². The van der Waals surface area contributed by atoms with E-state index in [4.69, 9.17) is 27.6 Å². The Balaban J connectivity index is 1.82. The molecule has 3 aromatic rings. The van der Waals surface area contributed by atoms with Crippen LogP contribution in [0.2, 0.25) is 10.0 Å². The van der Waals surface area contributed by atoms with E-state index >= 15 is 0 Å². The number of anilines is 1. The van der Waals surface area contributed by atoms with Crippen molar-refractivity contribution in [1.82, 2.24) is 4.98 Å². The van der Waals surface area contributed by atoms with Gasteiger partial charge in [0, 0.05) is 5.56 Å². The van der Waals surface area contributed by atoms with Gasteiger partial charge in [0.2, 0.25) is 5.89 Å². The highest BCUT2D eigenvalue weighted by Crippen LogP contribution is 2.28. The van der Waals surface area contributed by atoms with E-state index in [0.717, 1.165) is 5.56 Å². The Morgan fingerprint density at radius 3 is 2.67 bits per heavy atom. The Kier molecular flexibility index (Phi) is 4.46. The molecule has 0 saturated carbocycles. The molecule has 0 aliphatic carbocycles. The molecule has 0 unspecified atom stereocenters. The molecule has 1 aromatic heterocycles. The number of halogens is 2. The highest BCUT2D eigenvalue weighted by molar-refractivity contribution is 6.42. The van der Waals surface area contributed by atoms with Gasteiger partial charge in [-0.2, -0.15) is 0 Å². The Hall–Kier alpha value is -2.50. The van der Waals surface area contributed by atoms with Crippen molar-refractivity contribution in [1.29, 1.82) is 0 Å². The molecule has 0 spiro atoms. The SMILES string of the molecule is Cc1ccc(NC(=O)c2coc(-c3ccc(Cl)c(Cl)c3)n2)c(O)c1. The van der Waals surface area contributed by atoms with Crippen LogP contribution in [0.25, 0.3) is 11.5 Å². The number of phenolic OH excluding ortho intramolecular Hbond substituents is 1. The Morgan fingerprint density at radius 2 is 1.96 bits per heavy atom. The summed E-state index contributed by atoms with van der Waals surface area (Å²) in [6.07, 6.45) is 1.23. The van der Waals surface area contributed by atoms with Crippen molar-refractivity contribution in [2.24, 2.45) is 0 Å². The predicted molar refractivity (Wildman–Crippen MR) is 92.8 cm³/mol. The molecule has 0 aliphatic heterocycles. The van der Waals surface area contributed by atoms with E-state index in [1.165, 1.54) is 6.26 Å². The van der Waals surface area contributed by atoms with E-state index in [2.05, 4.69) is 10.3 Å². The Morgan fingerprint density at radius 1 is 1.17 bits per heavy atom. The number of benzene rings is 2. The number of carbonyl (C=O) groups excluding carboxylic acids is 1. The van der Waals surface area contributed by atoms with Gasteiger partial charge in [-0.05, 0) is 42.8 Å². The maximum absolute atomic E-state index is 12.2. The minimum atomic E-state index is -0.496. The van der Waals surface area contributed by atoms with Crippen LogP contribution in [-0.4, -0.2) is 16.0 Å². The van der Waals surface area contributed by atoms with Gasteiger partial charge in [-0.15, -0.1) is 0 Å². The van der Waals surface area contributed by atoms with Crippen molar-refractivity contribution in [2.45, 2.75) is 6.92 Å². The molecule has 0 fully saturated rings. The minimum Gasteiger partial charge on any atom is -0.506 e. The second-order valence-electron chi connectivity index (χ2n) is 5.14. The van der Waals surface area contributed by atoms with Gasteiger partial charge < -0.3 is 14.8 Å². The molecule has 5 nitrogen and oxygen atoms in total. The summed E-state index contributed by atoms with van der Waals surface area (Å²) in [4.78, 5) is 16.4. The van der Waals surface area contributed by atoms with E-state index in [9.17, 15) is 9.90 Å². The van der Waals surface area contributed by atoms with Crippen molar-refractivity contribution < 1.29 is 14.3 Å². The number of aryl methyl sites for hydroxylation is 1. The van der Waals surface area contributed by atoms with Crippen molar-refractivity contribution >= 4 is 34.8 Å². The van der Waals surface area contributed by atoms with E-state index in [1.54, 1.807) is 36.4 Å². The second-order valence-corrected chi connectivity index (χ2v) is 5.96. The first-order valence-corrected chi connectivity index (χ1v) is 7.71. The Labute approximate surface area is 147 Å². The van der Waals surface area contributed by atoms with Crippen LogP contribution >= 0.6 is 23.2 Å². The molecule has 0 bridgehead atoms. The molecule has 3 rings (SSSR count). The van der Waals surface area contributed by atoms with Crippen molar-refractivity contribution in [2.75, 3.05) is 5.32 Å². The first kappa shape index (κ1) is 16.4. The normalized spacial score (nSPS) is 10.6. The van der Waals surface area contributed by atoms with Gasteiger partial charge >= 0.3 is 0 Å². The number of hydrogen-bond acceptors (Lipinski definition) is 4. The summed E-state index contributed by atoms with van der Waals surface area (Å²) >= 11 is 11.8. The molecule has 1 amide bonds. The van der Waals surface area contributed by atoms with Gasteiger partial charge in [-0.25, -0.2) is 4.98 Å². The van der Waals surface area contributed by atoms with E-state index in [1.807, 2.05) is 6.92 Å². The van der Waals surface area contributed by atoms with Gasteiger partial charge in [0.1, 0.15) is 12.0 Å². The summed E-state index contributed by atoms with van der Waals surface area (Å²) in [6, 6.07) is 9.85. The number of carbonyl (C=O) groups is 1. The van der Waals surface area contributed by atoms with E-state index in [0.29, 0.717) is 21.3 Å². The number of oxazole rings is 1. The van der Waals surface area contributed by atoms with Gasteiger partial charge in [0.15, 0.2) is 5.69 Å². The molecule has 2 aromatic carbocycles. The maximum atomic E-state index is 12.2. The highest BCUT2D eigenvalue weighted by atomic mass is 35.5. The first-order valence-electron chi connectivity index (χ1n) is 6.96. The number of nitrogens with zero attached hydrogens (tertiary/aromatic N) is 1. The largest absolute Gasteiger partial charge is 0.506 e. The van der Waals surface area contributed by atoms with Crippen molar-refractivity contribution in [3.8, 4) is 17.2 Å². The van der Waals surface area contributed by atoms with Crippen LogP contribution in [0.15, 0.2) is 47.1 Å². The molecule has 2 N–H and O–H groups in total. The zero-order chi connectivity index (χ0) is 17.3. The van der Waals surface area contributed by atoms with E-state index in [-0.39, 0.29) is 17.3 Å². The molecule has 7 heteroatoms. The average Bonchev–Trinajstić information content (AvgIpc) is 3.03. The first-order chi connectivity index (χ1) is 11.4. The van der Waals surface area contributed by atoms with Crippen LogP contribution < -0.4 is 5.32 Å². The molecular formula is C17H12Cl2N2O3. The molecule has 24 heavy (non-hydrogen) atoms. The number of amides is 1. The summed E-state index contributed by atoms with van der Waals surface area (Å²) in [7, 11) is 0. The van der Waals surface area contributed by atoms with Crippen LogP contribution in [0.4, 0.5) is 5.69 Å². The molecule has 0 radical (unpaired) electrons. The number of rotatable bonds is 3. The van der Waals surface area contributed by atoms with Gasteiger partial charge in [0.25, 0.3) is 5.91 Å². The number of hydrogen-bond donors (Lipinski definition) is 2. The fraction of sp³-hybridized carbons (Fsp3) is 0.0588. The van der Waals surface area contributed by atoms with Gasteiger partial charge in [-0.1, -0.05) is 29.3 Å². The number of aromatic nitrogens is 1. The van der Waals surface area contributed by atoms with Crippen LogP contribution in [0.3, 0.4) is 0 Å².